The van der Waals surface area contributed by atoms with Crippen molar-refractivity contribution in [1.29, 1.82) is 0 Å². The number of nitrogens with zero attached hydrogens (tertiary/aromatic N) is 2. The maximum Gasteiger partial charge on any atom is 0.0654 e. The summed E-state index contributed by atoms with van der Waals surface area (Å²) in [6.45, 7) is 8.80. The molecule has 0 unspecified atom stereocenters. The summed E-state index contributed by atoms with van der Waals surface area (Å²) in [5, 5.41) is 0. The van der Waals surface area contributed by atoms with Crippen molar-refractivity contribution in [3.05, 3.63) is 82.7 Å². The van der Waals surface area contributed by atoms with Gasteiger partial charge in [-0.1, -0.05) is 0 Å². The Morgan fingerprint density at radius 1 is 0.607 bits per heavy atom. The van der Waals surface area contributed by atoms with Crippen LogP contribution in [0.15, 0.2) is 69.9 Å². The highest BCUT2D eigenvalue weighted by atomic mass is 14.9. The Balaban J connectivity index is 1.70. The van der Waals surface area contributed by atoms with E-state index in [1.54, 1.807) is 0 Å². The second-order valence-electron chi connectivity index (χ2n) is 8.70. The van der Waals surface area contributed by atoms with Gasteiger partial charge in [0.25, 0.3) is 0 Å². The smallest absolute Gasteiger partial charge is 0.0654 e. The minimum atomic E-state index is -0.251. The molecule has 0 aromatic carbocycles. The van der Waals surface area contributed by atoms with Gasteiger partial charge in [0.05, 0.1) is 22.8 Å². The normalized spacial score (nSPS) is 21.3. The molecule has 0 radical (unpaired) electrons. The van der Waals surface area contributed by atoms with E-state index < -0.39 is 0 Å². The predicted molar refractivity (Wildman–Crippen MR) is 117 cm³/mol. The standard InChI is InChI=1S/C24H24N4/c1-23(2)19-9-5-15(25-19)13-17-7-11-21(27-17)24(3,4)22-12-8-18(28-22)14-16-6-10-20(23)26-16/h5-14,25-26H,1-4H3. The molecule has 0 amide bonds. The molecular formula is C24H24N4. The van der Waals surface area contributed by atoms with Gasteiger partial charge in [-0.15, -0.1) is 0 Å². The Morgan fingerprint density at radius 2 is 1.07 bits per heavy atom. The van der Waals surface area contributed by atoms with E-state index in [0.717, 1.165) is 34.2 Å². The van der Waals surface area contributed by atoms with Crippen LogP contribution in [0.1, 0.15) is 50.5 Å². The van der Waals surface area contributed by atoms with Crippen molar-refractivity contribution in [3.63, 3.8) is 0 Å². The van der Waals surface area contributed by atoms with Gasteiger partial charge in [0.2, 0.25) is 0 Å². The molecule has 0 fully saturated rings. The number of hydrogen-bond acceptors (Lipinski definition) is 2. The second kappa shape index (κ2) is 5.68. The number of nitrogens with one attached hydrogen (secondary N) is 2. The van der Waals surface area contributed by atoms with E-state index in [1.165, 1.54) is 11.4 Å². The summed E-state index contributed by atoms with van der Waals surface area (Å²) in [5.74, 6) is 0. The van der Waals surface area contributed by atoms with Crippen LogP contribution >= 0.6 is 0 Å². The van der Waals surface area contributed by atoms with Gasteiger partial charge in [-0.25, -0.2) is 0 Å². The van der Waals surface area contributed by atoms with Crippen LogP contribution in [0.25, 0.3) is 12.2 Å². The zero-order valence-corrected chi connectivity index (χ0v) is 16.7. The first-order chi connectivity index (χ1) is 13.3. The van der Waals surface area contributed by atoms with Gasteiger partial charge in [-0.2, -0.15) is 0 Å². The van der Waals surface area contributed by atoms with Crippen molar-refractivity contribution in [2.75, 3.05) is 0 Å². The van der Waals surface area contributed by atoms with E-state index in [1.807, 2.05) is 0 Å². The zero-order chi connectivity index (χ0) is 19.5. The molecule has 0 saturated heterocycles. The molecule has 3 aliphatic rings. The molecule has 2 aromatic heterocycles. The van der Waals surface area contributed by atoms with Crippen molar-refractivity contribution in [2.45, 2.75) is 33.1 Å². The minimum absolute atomic E-state index is 0.160. The van der Waals surface area contributed by atoms with Gasteiger partial charge in [0.15, 0.2) is 0 Å². The quantitative estimate of drug-likeness (QED) is 0.624. The van der Waals surface area contributed by atoms with Crippen molar-refractivity contribution >= 4 is 23.6 Å². The summed E-state index contributed by atoms with van der Waals surface area (Å²) in [6.07, 6.45) is 12.6. The molecule has 2 N–H and O–H groups in total. The van der Waals surface area contributed by atoms with Crippen LogP contribution in [-0.2, 0) is 5.41 Å². The molecule has 0 spiro atoms. The van der Waals surface area contributed by atoms with Gasteiger partial charge >= 0.3 is 0 Å². The number of allylic oxidation sites excluding steroid dienone is 4. The summed E-state index contributed by atoms with van der Waals surface area (Å²) < 4.78 is 0. The highest BCUT2D eigenvalue weighted by molar-refractivity contribution is 6.21. The SMILES string of the molecule is CC1(C)C2=NC(=Cc3ccc([nH]3)C(C)(C)c3ccc([nH]3)C=C3C=CC1=N3)C=C2. The van der Waals surface area contributed by atoms with Crippen LogP contribution in [0.5, 0.6) is 0 Å². The van der Waals surface area contributed by atoms with Crippen molar-refractivity contribution < 1.29 is 0 Å². The number of aromatic nitrogens is 2. The fourth-order valence-corrected chi connectivity index (χ4v) is 3.93. The van der Waals surface area contributed by atoms with E-state index in [9.17, 15) is 0 Å². The largest absolute Gasteiger partial charge is 0.358 e. The summed E-state index contributed by atoms with van der Waals surface area (Å²) in [7, 11) is 0. The highest BCUT2D eigenvalue weighted by Crippen LogP contribution is 2.34. The minimum Gasteiger partial charge on any atom is -0.358 e. The lowest BCUT2D eigenvalue weighted by molar-refractivity contribution is 0.602. The number of aliphatic imine (C=N–C) groups is 2. The van der Waals surface area contributed by atoms with Gasteiger partial charge < -0.3 is 9.97 Å². The molecule has 140 valence electrons. The Bertz CT molecular complexity index is 1060. The topological polar surface area (TPSA) is 56.3 Å². The molecule has 0 saturated carbocycles. The highest BCUT2D eigenvalue weighted by Gasteiger charge is 2.32. The third kappa shape index (κ3) is 2.60. The third-order valence-corrected chi connectivity index (χ3v) is 5.97. The van der Waals surface area contributed by atoms with E-state index >= 15 is 0 Å². The molecule has 28 heavy (non-hydrogen) atoms. The average molecular weight is 368 g/mol. The molecule has 8 bridgehead atoms. The maximum absolute atomic E-state index is 4.88. The molecule has 0 atom stereocenters. The first-order valence-electron chi connectivity index (χ1n) is 9.69. The van der Waals surface area contributed by atoms with Crippen LogP contribution in [0.4, 0.5) is 0 Å². The predicted octanol–water partition coefficient (Wildman–Crippen LogP) is 5.41. The van der Waals surface area contributed by atoms with E-state index in [-0.39, 0.29) is 10.8 Å². The molecule has 3 aliphatic heterocycles. The van der Waals surface area contributed by atoms with Crippen LogP contribution in [-0.4, -0.2) is 21.4 Å². The molecule has 5 rings (SSSR count). The lowest BCUT2D eigenvalue weighted by atomic mass is 9.82. The molecule has 4 nitrogen and oxygen atoms in total. The summed E-state index contributed by atoms with van der Waals surface area (Å²) in [6, 6.07) is 8.56. The van der Waals surface area contributed by atoms with Crippen LogP contribution in [0.3, 0.4) is 0 Å². The van der Waals surface area contributed by atoms with E-state index in [4.69, 9.17) is 9.98 Å². The second-order valence-corrected chi connectivity index (χ2v) is 8.70. The number of hydrogen-bond donors (Lipinski definition) is 2. The average Bonchev–Trinajstić information content (AvgIpc) is 3.42. The first kappa shape index (κ1) is 17.0. The summed E-state index contributed by atoms with van der Waals surface area (Å²) >= 11 is 0. The monoisotopic (exact) mass is 368 g/mol. The number of fused-ring (bicyclic) bond motifs is 6. The molecule has 4 heteroatoms. The third-order valence-electron chi connectivity index (χ3n) is 5.97. The fraction of sp³-hybridized carbons (Fsp3) is 0.250. The van der Waals surface area contributed by atoms with Crippen molar-refractivity contribution in [2.24, 2.45) is 15.4 Å². The number of rotatable bonds is 0. The summed E-state index contributed by atoms with van der Waals surface area (Å²) in [5.41, 5.74) is 8.03. The summed E-state index contributed by atoms with van der Waals surface area (Å²) in [4.78, 5) is 16.9. The lowest BCUT2D eigenvalue weighted by Gasteiger charge is -2.23. The molecular weight excluding hydrogens is 344 g/mol. The number of H-pyrrole nitrogens is 2. The van der Waals surface area contributed by atoms with Crippen molar-refractivity contribution in [3.8, 4) is 0 Å². The van der Waals surface area contributed by atoms with Crippen LogP contribution in [0.2, 0.25) is 0 Å². The van der Waals surface area contributed by atoms with Gasteiger partial charge in [-0.3, -0.25) is 9.98 Å². The molecule has 2 aromatic rings. The Morgan fingerprint density at radius 3 is 1.54 bits per heavy atom. The first-order valence-corrected chi connectivity index (χ1v) is 9.69. The van der Waals surface area contributed by atoms with Gasteiger partial charge in [0.1, 0.15) is 0 Å². The fourth-order valence-electron chi connectivity index (χ4n) is 3.93. The van der Waals surface area contributed by atoms with Crippen LogP contribution in [0, 0.1) is 5.41 Å². The van der Waals surface area contributed by atoms with E-state index in [2.05, 4.69) is 98.4 Å². The van der Waals surface area contributed by atoms with Crippen molar-refractivity contribution in [1.82, 2.24) is 9.97 Å². The Labute approximate surface area is 165 Å². The molecule has 5 heterocycles. The van der Waals surface area contributed by atoms with E-state index in [0.29, 0.717) is 0 Å². The Kier molecular flexibility index (Phi) is 3.45. The lowest BCUT2D eigenvalue weighted by Crippen LogP contribution is -2.30. The number of aromatic amines is 2. The molecule has 0 aliphatic carbocycles. The maximum atomic E-state index is 4.88. The zero-order valence-electron chi connectivity index (χ0n) is 16.7. The van der Waals surface area contributed by atoms with Crippen LogP contribution < -0.4 is 0 Å². The van der Waals surface area contributed by atoms with Gasteiger partial charge in [-0.05, 0) is 88.4 Å². The van der Waals surface area contributed by atoms with Gasteiger partial charge in [0, 0.05) is 33.6 Å². The Hall–Kier alpha value is -3.14.